The van der Waals surface area contributed by atoms with Gasteiger partial charge in [-0.25, -0.2) is 34.3 Å². The molecule has 0 aliphatic carbocycles. The second kappa shape index (κ2) is 6.89. The fraction of sp³-hybridized carbons (Fsp3) is 0.200. The Hall–Kier alpha value is -2.11. The molecule has 0 amide bonds. The molecule has 0 aliphatic rings. The third kappa shape index (κ3) is 3.69. The zero-order valence-electron chi connectivity index (χ0n) is 13.9. The molecule has 0 saturated heterocycles. The molecule has 0 radical (unpaired) electrons. The molecule has 0 saturated carbocycles. The number of benzene rings is 2. The molecule has 2 aromatic carbocycles. The van der Waals surface area contributed by atoms with Gasteiger partial charge in [0.05, 0.1) is 10.6 Å². The molecule has 0 heterocycles. The molecule has 2 rings (SSSR count). The Morgan fingerprint density at radius 3 is 2.12 bits per heavy atom. The van der Waals surface area contributed by atoms with Crippen LogP contribution >= 0.6 is 0 Å². The Labute approximate surface area is 149 Å². The average molecular weight is 408 g/mol. The number of rotatable bonds is 5. The van der Waals surface area contributed by atoms with E-state index in [9.17, 15) is 30.0 Å². The number of nitrogens with one attached hydrogen (secondary N) is 1. The van der Waals surface area contributed by atoms with Crippen molar-refractivity contribution in [3.8, 4) is 0 Å². The van der Waals surface area contributed by atoms with Crippen molar-refractivity contribution in [2.45, 2.75) is 16.7 Å². The summed E-state index contributed by atoms with van der Waals surface area (Å²) in [4.78, 5) is -1.30. The smallest absolute Gasteiger partial charge is 0.264 e. The van der Waals surface area contributed by atoms with Gasteiger partial charge < -0.3 is 0 Å². The lowest BCUT2D eigenvalue weighted by Gasteiger charge is -2.15. The highest BCUT2D eigenvalue weighted by molar-refractivity contribution is 7.92. The number of aryl methyl sites for hydroxylation is 1. The van der Waals surface area contributed by atoms with E-state index in [1.165, 1.54) is 33.2 Å². The Bertz CT molecular complexity index is 1070. The normalized spacial score (nSPS) is 12.4. The predicted molar refractivity (Wildman–Crippen MR) is 89.2 cm³/mol. The third-order valence-corrected chi connectivity index (χ3v) is 6.72. The van der Waals surface area contributed by atoms with Gasteiger partial charge in [-0.2, -0.15) is 0 Å². The number of sulfonamides is 2. The van der Waals surface area contributed by atoms with Gasteiger partial charge in [-0.3, -0.25) is 4.72 Å². The average Bonchev–Trinajstić information content (AvgIpc) is 2.54. The van der Waals surface area contributed by atoms with Crippen molar-refractivity contribution in [2.75, 3.05) is 18.8 Å². The molecule has 11 heteroatoms. The molecule has 0 aromatic heterocycles. The van der Waals surface area contributed by atoms with E-state index in [0.29, 0.717) is 17.7 Å². The minimum Gasteiger partial charge on any atom is -0.279 e. The topological polar surface area (TPSA) is 83.6 Å². The summed E-state index contributed by atoms with van der Waals surface area (Å²) in [7, 11) is -5.87. The summed E-state index contributed by atoms with van der Waals surface area (Å²) in [6.45, 7) is 1.49. The standard InChI is InChI=1S/C15H15F3N2O4S2/c1-9-4-5-10(26(23,24)20(2)3)8-12(9)19-25(21,22)13-7-6-11(16)14(17)15(13)18/h4-8,19H,1-3H3. The van der Waals surface area contributed by atoms with Crippen LogP contribution in [0.1, 0.15) is 5.56 Å². The SMILES string of the molecule is Cc1ccc(S(=O)(=O)N(C)C)cc1NS(=O)(=O)c1ccc(F)c(F)c1F. The van der Waals surface area contributed by atoms with E-state index in [4.69, 9.17) is 0 Å². The molecule has 0 fully saturated rings. The lowest BCUT2D eigenvalue weighted by Crippen LogP contribution is -2.22. The summed E-state index contributed by atoms with van der Waals surface area (Å²) >= 11 is 0. The molecule has 26 heavy (non-hydrogen) atoms. The van der Waals surface area contributed by atoms with Crippen LogP contribution in [-0.2, 0) is 20.0 Å². The van der Waals surface area contributed by atoms with Gasteiger partial charge in [-0.15, -0.1) is 0 Å². The maximum absolute atomic E-state index is 13.8. The van der Waals surface area contributed by atoms with Gasteiger partial charge in [-0.05, 0) is 36.8 Å². The van der Waals surface area contributed by atoms with Crippen LogP contribution in [0.2, 0.25) is 0 Å². The quantitative estimate of drug-likeness (QED) is 0.771. The van der Waals surface area contributed by atoms with Crippen molar-refractivity contribution in [1.82, 2.24) is 4.31 Å². The summed E-state index contributed by atoms with van der Waals surface area (Å²) in [5.74, 6) is -5.32. The monoisotopic (exact) mass is 408 g/mol. The van der Waals surface area contributed by atoms with E-state index in [0.717, 1.165) is 10.4 Å². The highest BCUT2D eigenvalue weighted by Gasteiger charge is 2.25. The Morgan fingerprint density at radius 2 is 1.54 bits per heavy atom. The van der Waals surface area contributed by atoms with Gasteiger partial charge in [0, 0.05) is 14.1 Å². The summed E-state index contributed by atoms with van der Waals surface area (Å²) in [6, 6.07) is 4.75. The molecule has 0 unspecified atom stereocenters. The molecule has 0 bridgehead atoms. The summed E-state index contributed by atoms with van der Waals surface area (Å²) in [5.41, 5.74) is 0.200. The van der Waals surface area contributed by atoms with E-state index >= 15 is 0 Å². The maximum atomic E-state index is 13.8. The van der Waals surface area contributed by atoms with Crippen molar-refractivity contribution in [3.05, 3.63) is 53.3 Å². The Balaban J connectivity index is 2.53. The highest BCUT2D eigenvalue weighted by atomic mass is 32.2. The minimum atomic E-state index is -4.63. The van der Waals surface area contributed by atoms with Crippen LogP contribution in [0.15, 0.2) is 40.1 Å². The van der Waals surface area contributed by atoms with Gasteiger partial charge in [0.2, 0.25) is 10.0 Å². The Kier molecular flexibility index (Phi) is 5.36. The molecule has 0 spiro atoms. The first kappa shape index (κ1) is 20.2. The number of halogens is 3. The molecule has 1 N–H and O–H groups in total. The van der Waals surface area contributed by atoms with Gasteiger partial charge in [0.1, 0.15) is 4.90 Å². The fourth-order valence-corrected chi connectivity index (χ4v) is 4.12. The number of nitrogens with zero attached hydrogens (tertiary/aromatic N) is 1. The van der Waals surface area contributed by atoms with Crippen LogP contribution in [0, 0.1) is 24.4 Å². The molecule has 0 aliphatic heterocycles. The van der Waals surface area contributed by atoms with Crippen LogP contribution in [-0.4, -0.2) is 35.2 Å². The fourth-order valence-electron chi connectivity index (χ4n) is 2.00. The minimum absolute atomic E-state index is 0.142. The molecular formula is C15H15F3N2O4S2. The molecule has 6 nitrogen and oxygen atoms in total. The van der Waals surface area contributed by atoms with Crippen molar-refractivity contribution < 1.29 is 30.0 Å². The first-order valence-electron chi connectivity index (χ1n) is 7.07. The molecule has 142 valence electrons. The number of hydrogen-bond donors (Lipinski definition) is 1. The summed E-state index contributed by atoms with van der Waals surface area (Å²) in [6.07, 6.45) is 0. The first-order valence-corrected chi connectivity index (χ1v) is 9.99. The van der Waals surface area contributed by atoms with E-state index in [1.54, 1.807) is 0 Å². The van der Waals surface area contributed by atoms with Crippen molar-refractivity contribution >= 4 is 25.7 Å². The zero-order valence-corrected chi connectivity index (χ0v) is 15.6. The van der Waals surface area contributed by atoms with Crippen LogP contribution in [0.5, 0.6) is 0 Å². The van der Waals surface area contributed by atoms with Crippen LogP contribution in [0.4, 0.5) is 18.9 Å². The van der Waals surface area contributed by atoms with Crippen molar-refractivity contribution in [2.24, 2.45) is 0 Å². The Morgan fingerprint density at radius 1 is 0.923 bits per heavy atom. The predicted octanol–water partition coefficient (Wildman–Crippen LogP) is 2.46. The zero-order chi connectivity index (χ0) is 19.9. The van der Waals surface area contributed by atoms with E-state index in [2.05, 4.69) is 0 Å². The van der Waals surface area contributed by atoms with Crippen molar-refractivity contribution in [1.29, 1.82) is 0 Å². The lowest BCUT2D eigenvalue weighted by atomic mass is 10.2. The van der Waals surface area contributed by atoms with Crippen molar-refractivity contribution in [3.63, 3.8) is 0 Å². The van der Waals surface area contributed by atoms with Gasteiger partial charge in [0.15, 0.2) is 17.5 Å². The van der Waals surface area contributed by atoms with Crippen LogP contribution < -0.4 is 4.72 Å². The van der Waals surface area contributed by atoms with Gasteiger partial charge >= 0.3 is 0 Å². The largest absolute Gasteiger partial charge is 0.279 e. The van der Waals surface area contributed by atoms with Crippen LogP contribution in [0.3, 0.4) is 0 Å². The van der Waals surface area contributed by atoms with E-state index in [1.807, 2.05) is 4.72 Å². The van der Waals surface area contributed by atoms with E-state index in [-0.39, 0.29) is 10.6 Å². The summed E-state index contributed by atoms with van der Waals surface area (Å²) < 4.78 is 92.1. The van der Waals surface area contributed by atoms with E-state index < -0.39 is 42.4 Å². The molecule has 2 aromatic rings. The summed E-state index contributed by atoms with van der Waals surface area (Å²) in [5, 5.41) is 0. The molecule has 0 atom stereocenters. The van der Waals surface area contributed by atoms with Crippen LogP contribution in [0.25, 0.3) is 0 Å². The second-order valence-electron chi connectivity index (χ2n) is 5.54. The van der Waals surface area contributed by atoms with Gasteiger partial charge in [-0.1, -0.05) is 6.07 Å². The first-order chi connectivity index (χ1) is 11.9. The van der Waals surface area contributed by atoms with Gasteiger partial charge in [0.25, 0.3) is 10.0 Å². The highest BCUT2D eigenvalue weighted by Crippen LogP contribution is 2.26. The third-order valence-electron chi connectivity index (χ3n) is 3.52. The number of hydrogen-bond acceptors (Lipinski definition) is 4. The second-order valence-corrected chi connectivity index (χ2v) is 9.35. The lowest BCUT2D eigenvalue weighted by molar-refractivity contribution is 0.432. The maximum Gasteiger partial charge on any atom is 0.264 e. The molecular weight excluding hydrogens is 393 g/mol. The number of anilines is 1.